The summed E-state index contributed by atoms with van der Waals surface area (Å²) in [6.45, 7) is -0.835. The molecule has 0 aliphatic rings. The van der Waals surface area contributed by atoms with Crippen molar-refractivity contribution in [3.05, 3.63) is 27.7 Å². The smallest absolute Gasteiger partial charge is 0.157 e. The zero-order valence-electron chi connectivity index (χ0n) is 7.50. The van der Waals surface area contributed by atoms with Crippen LogP contribution >= 0.6 is 23.2 Å². The van der Waals surface area contributed by atoms with Crippen LogP contribution in [0.3, 0.4) is 0 Å². The van der Waals surface area contributed by atoms with E-state index in [1.165, 1.54) is 12.1 Å². The number of halogens is 2. The summed E-state index contributed by atoms with van der Waals surface area (Å²) in [6.07, 6.45) is 0. The van der Waals surface area contributed by atoms with E-state index in [0.717, 1.165) is 0 Å². The van der Waals surface area contributed by atoms with Crippen molar-refractivity contribution in [2.45, 2.75) is 6.61 Å². The van der Waals surface area contributed by atoms with Gasteiger partial charge in [0, 0.05) is 0 Å². The molecular weight excluding hydrogens is 243 g/mol. The lowest BCUT2D eigenvalue weighted by molar-refractivity contribution is -0.307. The van der Waals surface area contributed by atoms with Crippen LogP contribution in [-0.2, 0) is 11.4 Å². The fourth-order valence-electron chi connectivity index (χ4n) is 0.973. The molecule has 15 heavy (non-hydrogen) atoms. The van der Waals surface area contributed by atoms with E-state index in [2.05, 4.69) is 0 Å². The van der Waals surface area contributed by atoms with Crippen molar-refractivity contribution in [2.75, 3.05) is 6.61 Å². The Hall–Kier alpha value is -0.970. The number of rotatable bonds is 4. The third-order valence-corrected chi connectivity index (χ3v) is 2.14. The van der Waals surface area contributed by atoms with E-state index in [4.69, 9.17) is 33.0 Å². The molecule has 1 aromatic rings. The minimum absolute atomic E-state index is 0.0692. The monoisotopic (exact) mass is 249 g/mol. The van der Waals surface area contributed by atoms with Crippen LogP contribution in [0.15, 0.2) is 12.1 Å². The zero-order chi connectivity index (χ0) is 11.4. The molecule has 0 amide bonds. The molecule has 1 N–H and O–H groups in total. The van der Waals surface area contributed by atoms with Crippen molar-refractivity contribution in [1.82, 2.24) is 0 Å². The minimum atomic E-state index is -1.37. The fourth-order valence-corrected chi connectivity index (χ4v) is 1.61. The summed E-state index contributed by atoms with van der Waals surface area (Å²) >= 11 is 11.5. The molecule has 0 saturated heterocycles. The van der Waals surface area contributed by atoms with Gasteiger partial charge in [-0.25, -0.2) is 0 Å². The third-order valence-electron chi connectivity index (χ3n) is 1.58. The van der Waals surface area contributed by atoms with Crippen molar-refractivity contribution < 1.29 is 19.7 Å². The van der Waals surface area contributed by atoms with Gasteiger partial charge in [0.15, 0.2) is 5.75 Å². The summed E-state index contributed by atoms with van der Waals surface area (Å²) in [6, 6.07) is 2.89. The van der Waals surface area contributed by atoms with E-state index in [9.17, 15) is 9.90 Å². The van der Waals surface area contributed by atoms with E-state index in [0.29, 0.717) is 5.56 Å². The van der Waals surface area contributed by atoms with Crippen molar-refractivity contribution in [3.63, 3.8) is 0 Å². The fraction of sp³-hybridized carbons (Fsp3) is 0.222. The first-order chi connectivity index (χ1) is 7.04. The maximum atomic E-state index is 10.2. The van der Waals surface area contributed by atoms with Gasteiger partial charge in [0.1, 0.15) is 6.61 Å². The summed E-state index contributed by atoms with van der Waals surface area (Å²) in [5.41, 5.74) is 0.519. The van der Waals surface area contributed by atoms with Crippen LogP contribution in [0.5, 0.6) is 5.75 Å². The van der Waals surface area contributed by atoms with Gasteiger partial charge in [-0.1, -0.05) is 23.2 Å². The summed E-state index contributed by atoms with van der Waals surface area (Å²) in [7, 11) is 0. The summed E-state index contributed by atoms with van der Waals surface area (Å²) < 4.78 is 4.82. The molecular formula is C9H7Cl2O4-. The summed E-state index contributed by atoms with van der Waals surface area (Å²) in [5.74, 6) is -1.30. The van der Waals surface area contributed by atoms with Crippen LogP contribution in [0, 0.1) is 0 Å². The molecule has 82 valence electrons. The first-order valence-corrected chi connectivity index (χ1v) is 4.71. The zero-order valence-corrected chi connectivity index (χ0v) is 9.01. The van der Waals surface area contributed by atoms with Crippen LogP contribution in [0.1, 0.15) is 5.56 Å². The van der Waals surface area contributed by atoms with E-state index < -0.39 is 12.6 Å². The Kier molecular flexibility index (Phi) is 4.20. The Bertz CT molecular complexity index is 355. The average Bonchev–Trinajstić information content (AvgIpc) is 2.15. The Morgan fingerprint density at radius 2 is 1.93 bits per heavy atom. The number of aliphatic carboxylic acids is 1. The van der Waals surface area contributed by atoms with Gasteiger partial charge in [0.2, 0.25) is 0 Å². The van der Waals surface area contributed by atoms with Crippen molar-refractivity contribution in [3.8, 4) is 5.75 Å². The molecule has 0 aromatic heterocycles. The number of ether oxygens (including phenoxy) is 1. The van der Waals surface area contributed by atoms with Gasteiger partial charge in [-0.05, 0) is 17.7 Å². The molecule has 0 radical (unpaired) electrons. The molecule has 0 atom stereocenters. The van der Waals surface area contributed by atoms with E-state index >= 15 is 0 Å². The molecule has 0 spiro atoms. The van der Waals surface area contributed by atoms with E-state index in [1.54, 1.807) is 0 Å². The molecule has 0 unspecified atom stereocenters. The number of aliphatic hydroxyl groups excluding tert-OH is 1. The lowest BCUT2D eigenvalue weighted by Crippen LogP contribution is -2.29. The standard InChI is InChI=1S/C9H8Cl2O4/c10-6-1-5(3-12)2-7(11)9(6)15-4-8(13)14/h1-2,12H,3-4H2,(H,13,14)/p-1. The molecule has 1 aromatic carbocycles. The van der Waals surface area contributed by atoms with Crippen LogP contribution in [0.4, 0.5) is 0 Å². The quantitative estimate of drug-likeness (QED) is 0.850. The number of aliphatic hydroxyl groups is 1. The maximum absolute atomic E-state index is 10.2. The molecule has 0 heterocycles. The van der Waals surface area contributed by atoms with Gasteiger partial charge >= 0.3 is 0 Å². The van der Waals surface area contributed by atoms with Crippen LogP contribution in [0.25, 0.3) is 0 Å². The van der Waals surface area contributed by atoms with Crippen molar-refractivity contribution >= 4 is 29.2 Å². The predicted octanol–water partition coefficient (Wildman–Crippen LogP) is 0.614. The van der Waals surface area contributed by atoms with Gasteiger partial charge in [-0.2, -0.15) is 0 Å². The molecule has 6 heteroatoms. The second kappa shape index (κ2) is 5.21. The van der Waals surface area contributed by atoms with Crippen LogP contribution < -0.4 is 9.84 Å². The number of carboxylic acids is 1. The van der Waals surface area contributed by atoms with Gasteiger partial charge in [0.05, 0.1) is 22.6 Å². The third kappa shape index (κ3) is 3.27. The Labute approximate surface area is 96.0 Å². The van der Waals surface area contributed by atoms with Gasteiger partial charge in [0.25, 0.3) is 0 Å². The first kappa shape index (κ1) is 12.1. The lowest BCUT2D eigenvalue weighted by Gasteiger charge is -2.11. The normalized spacial score (nSPS) is 10.1. The highest BCUT2D eigenvalue weighted by molar-refractivity contribution is 6.37. The molecule has 0 aliphatic heterocycles. The van der Waals surface area contributed by atoms with Gasteiger partial charge < -0.3 is 19.7 Å². The molecule has 4 nitrogen and oxygen atoms in total. The summed E-state index contributed by atoms with van der Waals surface area (Å²) in [5, 5.41) is 19.3. The average molecular weight is 250 g/mol. The Morgan fingerprint density at radius 1 is 1.40 bits per heavy atom. The highest BCUT2D eigenvalue weighted by Gasteiger charge is 2.09. The second-order valence-corrected chi connectivity index (χ2v) is 3.52. The van der Waals surface area contributed by atoms with E-state index in [-0.39, 0.29) is 22.4 Å². The number of benzene rings is 1. The SMILES string of the molecule is O=C([O-])COc1c(Cl)cc(CO)cc1Cl. The molecule has 1 rings (SSSR count). The molecule has 0 aliphatic carbocycles. The number of carbonyl (C=O) groups excluding carboxylic acids is 1. The topological polar surface area (TPSA) is 69.6 Å². The number of carboxylic acid groups (broad SMARTS) is 1. The lowest BCUT2D eigenvalue weighted by atomic mass is 10.2. The predicted molar refractivity (Wildman–Crippen MR) is 52.9 cm³/mol. The molecule has 0 saturated carbocycles. The maximum Gasteiger partial charge on any atom is 0.157 e. The first-order valence-electron chi connectivity index (χ1n) is 3.96. The highest BCUT2D eigenvalue weighted by Crippen LogP contribution is 2.34. The minimum Gasteiger partial charge on any atom is -0.546 e. The van der Waals surface area contributed by atoms with Gasteiger partial charge in [-0.3, -0.25) is 0 Å². The van der Waals surface area contributed by atoms with Crippen molar-refractivity contribution in [1.29, 1.82) is 0 Å². The van der Waals surface area contributed by atoms with Crippen molar-refractivity contribution in [2.24, 2.45) is 0 Å². The van der Waals surface area contributed by atoms with Gasteiger partial charge in [-0.15, -0.1) is 0 Å². The Balaban J connectivity index is 2.92. The number of carbonyl (C=O) groups is 1. The molecule has 0 fully saturated rings. The molecule has 0 bridgehead atoms. The van der Waals surface area contributed by atoms with Crippen LogP contribution in [0.2, 0.25) is 10.0 Å². The highest BCUT2D eigenvalue weighted by atomic mass is 35.5. The number of hydrogen-bond acceptors (Lipinski definition) is 4. The number of hydrogen-bond donors (Lipinski definition) is 1. The summed E-state index contributed by atoms with van der Waals surface area (Å²) in [4.78, 5) is 10.2. The van der Waals surface area contributed by atoms with E-state index in [1.807, 2.05) is 0 Å². The van der Waals surface area contributed by atoms with Crippen LogP contribution in [-0.4, -0.2) is 17.7 Å². The second-order valence-electron chi connectivity index (χ2n) is 2.71. The Morgan fingerprint density at radius 3 is 2.33 bits per heavy atom. The largest absolute Gasteiger partial charge is 0.546 e.